The molecule has 0 saturated carbocycles. The average Bonchev–Trinajstić information content (AvgIpc) is 2.94. The highest BCUT2D eigenvalue weighted by atomic mass is 79.9. The first-order chi connectivity index (χ1) is 9.65. The van der Waals surface area contributed by atoms with E-state index in [2.05, 4.69) is 30.9 Å². The second-order valence-corrected chi connectivity index (χ2v) is 6.37. The maximum absolute atomic E-state index is 6.26. The van der Waals surface area contributed by atoms with E-state index in [1.807, 2.05) is 29.6 Å². The zero-order valence-corrected chi connectivity index (χ0v) is 13.8. The van der Waals surface area contributed by atoms with Gasteiger partial charge in [-0.3, -0.25) is 0 Å². The first kappa shape index (κ1) is 13.9. The van der Waals surface area contributed by atoms with Crippen LogP contribution in [-0.2, 0) is 0 Å². The SMILES string of the molecule is Clc1nc(-c2nccs2)nc(Cl)c1-c1ccc(Br)cc1. The number of halogens is 3. The fraction of sp³-hybridized carbons (Fsp3) is 0. The fourth-order valence-electron chi connectivity index (χ4n) is 1.69. The van der Waals surface area contributed by atoms with Gasteiger partial charge >= 0.3 is 0 Å². The smallest absolute Gasteiger partial charge is 0.191 e. The van der Waals surface area contributed by atoms with Crippen molar-refractivity contribution < 1.29 is 0 Å². The van der Waals surface area contributed by atoms with E-state index >= 15 is 0 Å². The number of nitrogens with zero attached hydrogens (tertiary/aromatic N) is 3. The molecule has 1 aromatic carbocycles. The van der Waals surface area contributed by atoms with Crippen molar-refractivity contribution in [3.63, 3.8) is 0 Å². The third-order valence-corrected chi connectivity index (χ3v) is 4.42. The van der Waals surface area contributed by atoms with E-state index in [1.165, 1.54) is 11.3 Å². The van der Waals surface area contributed by atoms with Gasteiger partial charge in [-0.15, -0.1) is 11.3 Å². The van der Waals surface area contributed by atoms with Crippen molar-refractivity contribution in [1.82, 2.24) is 15.0 Å². The first-order valence-corrected chi connectivity index (χ1v) is 7.97. The summed E-state index contributed by atoms with van der Waals surface area (Å²) in [6.07, 6.45) is 1.69. The van der Waals surface area contributed by atoms with Gasteiger partial charge in [-0.25, -0.2) is 15.0 Å². The quantitative estimate of drug-likeness (QED) is 0.558. The maximum atomic E-state index is 6.26. The van der Waals surface area contributed by atoms with Gasteiger partial charge in [0.2, 0.25) is 0 Å². The summed E-state index contributed by atoms with van der Waals surface area (Å²) in [4.78, 5) is 12.7. The van der Waals surface area contributed by atoms with Crippen LogP contribution in [0.3, 0.4) is 0 Å². The largest absolute Gasteiger partial charge is 0.241 e. The van der Waals surface area contributed by atoms with E-state index in [4.69, 9.17) is 23.2 Å². The van der Waals surface area contributed by atoms with Crippen LogP contribution in [0.5, 0.6) is 0 Å². The number of thiazole rings is 1. The zero-order valence-electron chi connectivity index (χ0n) is 9.85. The Kier molecular flexibility index (Phi) is 4.03. The van der Waals surface area contributed by atoms with Crippen LogP contribution in [0.2, 0.25) is 10.3 Å². The van der Waals surface area contributed by atoms with Crippen molar-refractivity contribution >= 4 is 50.5 Å². The minimum atomic E-state index is 0.317. The summed E-state index contributed by atoms with van der Waals surface area (Å²) >= 11 is 17.3. The summed E-state index contributed by atoms with van der Waals surface area (Å²) in [5.41, 5.74) is 1.50. The summed E-state index contributed by atoms with van der Waals surface area (Å²) in [6.45, 7) is 0. The van der Waals surface area contributed by atoms with Crippen LogP contribution in [0.25, 0.3) is 22.0 Å². The lowest BCUT2D eigenvalue weighted by atomic mass is 10.1. The van der Waals surface area contributed by atoms with Crippen LogP contribution >= 0.6 is 50.5 Å². The summed E-state index contributed by atoms with van der Waals surface area (Å²) in [6, 6.07) is 7.64. The molecule has 2 heterocycles. The van der Waals surface area contributed by atoms with E-state index < -0.39 is 0 Å². The van der Waals surface area contributed by atoms with Crippen LogP contribution in [0.4, 0.5) is 0 Å². The molecule has 0 spiro atoms. The highest BCUT2D eigenvalue weighted by Gasteiger charge is 2.15. The fourth-order valence-corrected chi connectivity index (χ4v) is 3.13. The molecule has 7 heteroatoms. The number of hydrogen-bond acceptors (Lipinski definition) is 4. The molecular weight excluding hydrogens is 381 g/mol. The predicted molar refractivity (Wildman–Crippen MR) is 86.3 cm³/mol. The summed E-state index contributed by atoms with van der Waals surface area (Å²) in [5.74, 6) is 0.441. The van der Waals surface area contributed by atoms with Gasteiger partial charge in [0.15, 0.2) is 10.8 Å². The summed E-state index contributed by atoms with van der Waals surface area (Å²) < 4.78 is 0.980. The van der Waals surface area contributed by atoms with Crippen LogP contribution in [-0.4, -0.2) is 15.0 Å². The van der Waals surface area contributed by atoms with Crippen LogP contribution < -0.4 is 0 Å². The summed E-state index contributed by atoms with van der Waals surface area (Å²) in [5, 5.41) is 3.18. The van der Waals surface area contributed by atoms with Gasteiger partial charge in [0.1, 0.15) is 10.3 Å². The molecule has 0 aliphatic rings. The standard InChI is InChI=1S/C13H6BrCl2N3S/c14-8-3-1-7(2-4-8)9-10(15)18-12(19-11(9)16)13-17-5-6-20-13/h1-6H. The van der Waals surface area contributed by atoms with Gasteiger partial charge < -0.3 is 0 Å². The Morgan fingerprint density at radius 1 is 1.00 bits per heavy atom. The monoisotopic (exact) mass is 385 g/mol. The van der Waals surface area contributed by atoms with Crippen molar-refractivity contribution in [3.8, 4) is 22.0 Å². The Balaban J connectivity index is 2.11. The molecule has 3 nitrogen and oxygen atoms in total. The number of aromatic nitrogens is 3. The lowest BCUT2D eigenvalue weighted by Crippen LogP contribution is -1.94. The Labute approximate surface area is 137 Å². The molecule has 0 aliphatic heterocycles. The second kappa shape index (κ2) is 5.77. The number of benzene rings is 1. The Bertz CT molecular complexity index is 722. The van der Waals surface area contributed by atoms with E-state index in [0.29, 0.717) is 26.7 Å². The molecule has 20 heavy (non-hydrogen) atoms. The van der Waals surface area contributed by atoms with Crippen molar-refractivity contribution in [2.45, 2.75) is 0 Å². The third kappa shape index (κ3) is 2.72. The van der Waals surface area contributed by atoms with Crippen LogP contribution in [0.1, 0.15) is 0 Å². The molecule has 0 N–H and O–H groups in total. The van der Waals surface area contributed by atoms with E-state index in [1.54, 1.807) is 6.20 Å². The van der Waals surface area contributed by atoms with Gasteiger partial charge in [0.05, 0.1) is 5.56 Å². The molecule has 3 aromatic rings. The van der Waals surface area contributed by atoms with E-state index in [9.17, 15) is 0 Å². The average molecular weight is 387 g/mol. The lowest BCUT2D eigenvalue weighted by Gasteiger charge is -2.07. The van der Waals surface area contributed by atoms with Crippen LogP contribution in [0.15, 0.2) is 40.3 Å². The maximum Gasteiger partial charge on any atom is 0.191 e. The highest BCUT2D eigenvalue weighted by Crippen LogP contribution is 2.34. The Hall–Kier alpha value is -1.01. The Morgan fingerprint density at radius 2 is 1.65 bits per heavy atom. The molecule has 100 valence electrons. The number of rotatable bonds is 2. The summed E-state index contributed by atoms with van der Waals surface area (Å²) in [7, 11) is 0. The second-order valence-electron chi connectivity index (χ2n) is 3.85. The molecule has 0 saturated heterocycles. The van der Waals surface area contributed by atoms with Crippen molar-refractivity contribution in [2.24, 2.45) is 0 Å². The Morgan fingerprint density at radius 3 is 2.20 bits per heavy atom. The molecule has 0 amide bonds. The predicted octanol–water partition coefficient (Wildman–Crippen LogP) is 5.34. The molecule has 0 atom stereocenters. The van der Waals surface area contributed by atoms with Crippen molar-refractivity contribution in [3.05, 3.63) is 50.6 Å². The molecule has 0 unspecified atom stereocenters. The lowest BCUT2D eigenvalue weighted by molar-refractivity contribution is 1.16. The van der Waals surface area contributed by atoms with Gasteiger partial charge in [-0.1, -0.05) is 51.3 Å². The normalized spacial score (nSPS) is 10.8. The van der Waals surface area contributed by atoms with Crippen molar-refractivity contribution in [2.75, 3.05) is 0 Å². The van der Waals surface area contributed by atoms with Gasteiger partial charge in [0.25, 0.3) is 0 Å². The van der Waals surface area contributed by atoms with E-state index in [-0.39, 0.29) is 0 Å². The minimum Gasteiger partial charge on any atom is -0.241 e. The van der Waals surface area contributed by atoms with Gasteiger partial charge in [0, 0.05) is 16.0 Å². The highest BCUT2D eigenvalue weighted by molar-refractivity contribution is 9.10. The minimum absolute atomic E-state index is 0.317. The van der Waals surface area contributed by atoms with Gasteiger partial charge in [-0.2, -0.15) is 0 Å². The molecule has 0 fully saturated rings. The van der Waals surface area contributed by atoms with E-state index in [0.717, 1.165) is 10.0 Å². The first-order valence-electron chi connectivity index (χ1n) is 5.54. The topological polar surface area (TPSA) is 38.7 Å². The molecule has 2 aromatic heterocycles. The molecule has 3 rings (SSSR count). The molecular formula is C13H6BrCl2N3S. The molecule has 0 aliphatic carbocycles. The van der Waals surface area contributed by atoms with Crippen molar-refractivity contribution in [1.29, 1.82) is 0 Å². The van der Waals surface area contributed by atoms with Gasteiger partial charge in [-0.05, 0) is 17.7 Å². The molecule has 0 radical (unpaired) electrons. The third-order valence-electron chi connectivity index (χ3n) is 2.58. The molecule has 0 bridgehead atoms. The van der Waals surface area contributed by atoms with Crippen LogP contribution in [0, 0.1) is 0 Å². The number of hydrogen-bond donors (Lipinski definition) is 0. The zero-order chi connectivity index (χ0) is 14.1.